The molecule has 1 N–H and O–H groups in total. The van der Waals surface area contributed by atoms with Gasteiger partial charge < -0.3 is 0 Å². The minimum Gasteiger partial charge on any atom is -0.267 e. The molecule has 0 amide bonds. The summed E-state index contributed by atoms with van der Waals surface area (Å²) in [6.07, 6.45) is 0.303. The Kier molecular flexibility index (Phi) is 3.79. The van der Waals surface area contributed by atoms with Crippen molar-refractivity contribution in [2.24, 2.45) is 0 Å². The van der Waals surface area contributed by atoms with Gasteiger partial charge in [-0.2, -0.15) is 5.10 Å². The van der Waals surface area contributed by atoms with Crippen molar-refractivity contribution < 1.29 is 17.2 Å². The highest BCUT2D eigenvalue weighted by molar-refractivity contribution is 7.91. The van der Waals surface area contributed by atoms with E-state index in [0.29, 0.717) is 17.7 Å². The molecule has 2 heterocycles. The van der Waals surface area contributed by atoms with Gasteiger partial charge in [-0.05, 0) is 31.0 Å². The number of nitrogens with zero attached hydrogens (tertiary/aromatic N) is 1. The molecule has 1 saturated heterocycles. The van der Waals surface area contributed by atoms with Crippen LogP contribution in [0.4, 0.5) is 8.78 Å². The van der Waals surface area contributed by atoms with Gasteiger partial charge in [0.25, 0.3) is 5.56 Å². The monoisotopic (exact) mass is 340 g/mol. The highest BCUT2D eigenvalue weighted by Gasteiger charge is 2.34. The van der Waals surface area contributed by atoms with Crippen molar-refractivity contribution in [2.45, 2.75) is 19.3 Å². The molecule has 1 fully saturated rings. The maximum absolute atomic E-state index is 14.1. The zero-order valence-corrected chi connectivity index (χ0v) is 13.1. The normalized spacial score (nSPS) is 19.9. The first kappa shape index (κ1) is 15.8. The van der Waals surface area contributed by atoms with Crippen LogP contribution >= 0.6 is 0 Å². The molecule has 0 bridgehead atoms. The second-order valence-corrected chi connectivity index (χ2v) is 7.85. The number of aryl methyl sites for hydroxylation is 1. The van der Waals surface area contributed by atoms with E-state index in [1.807, 2.05) is 0 Å². The van der Waals surface area contributed by atoms with Gasteiger partial charge in [0.15, 0.2) is 9.84 Å². The number of halogens is 2. The Hall–Kier alpha value is -2.09. The van der Waals surface area contributed by atoms with E-state index in [1.54, 1.807) is 6.92 Å². The predicted molar refractivity (Wildman–Crippen MR) is 81.0 cm³/mol. The zero-order chi connectivity index (χ0) is 16.8. The Morgan fingerprint density at radius 3 is 2.43 bits per heavy atom. The van der Waals surface area contributed by atoms with Crippen LogP contribution in [0.1, 0.15) is 23.6 Å². The fourth-order valence-electron chi connectivity index (χ4n) is 3.06. The van der Waals surface area contributed by atoms with Crippen molar-refractivity contribution in [2.75, 3.05) is 11.5 Å². The molecule has 0 spiro atoms. The van der Waals surface area contributed by atoms with Gasteiger partial charge in [0.1, 0.15) is 11.6 Å². The van der Waals surface area contributed by atoms with Crippen molar-refractivity contribution in [3.8, 4) is 11.1 Å². The summed E-state index contributed by atoms with van der Waals surface area (Å²) < 4.78 is 51.7. The molecule has 1 unspecified atom stereocenters. The lowest BCUT2D eigenvalue weighted by Crippen LogP contribution is -2.20. The van der Waals surface area contributed by atoms with Crippen LogP contribution in [0.25, 0.3) is 11.1 Å². The third-order valence-electron chi connectivity index (χ3n) is 4.06. The molecule has 0 aliphatic carbocycles. The molecule has 1 aliphatic rings. The van der Waals surface area contributed by atoms with Crippen molar-refractivity contribution in [1.29, 1.82) is 0 Å². The van der Waals surface area contributed by atoms with Crippen LogP contribution in [0, 0.1) is 18.6 Å². The van der Waals surface area contributed by atoms with Gasteiger partial charge in [0, 0.05) is 5.92 Å². The van der Waals surface area contributed by atoms with E-state index < -0.39 is 38.5 Å². The van der Waals surface area contributed by atoms with Crippen molar-refractivity contribution >= 4 is 9.84 Å². The van der Waals surface area contributed by atoms with Crippen LogP contribution < -0.4 is 5.56 Å². The van der Waals surface area contributed by atoms with E-state index in [9.17, 15) is 22.0 Å². The minimum atomic E-state index is -3.22. The molecule has 1 atom stereocenters. The number of sulfone groups is 1. The maximum Gasteiger partial charge on any atom is 0.272 e. The van der Waals surface area contributed by atoms with E-state index in [1.165, 1.54) is 6.07 Å². The Morgan fingerprint density at radius 2 is 1.87 bits per heavy atom. The average molecular weight is 340 g/mol. The molecular formula is C15H14F2N2O3S. The van der Waals surface area contributed by atoms with Gasteiger partial charge in [0.05, 0.1) is 28.3 Å². The number of rotatable bonds is 2. The highest BCUT2D eigenvalue weighted by Crippen LogP contribution is 2.36. The first-order chi connectivity index (χ1) is 10.8. The lowest BCUT2D eigenvalue weighted by molar-refractivity contribution is 0.588. The van der Waals surface area contributed by atoms with E-state index >= 15 is 0 Å². The number of nitrogens with one attached hydrogen (secondary N) is 1. The molecule has 23 heavy (non-hydrogen) atoms. The van der Waals surface area contributed by atoms with Gasteiger partial charge in [-0.3, -0.25) is 4.79 Å². The number of H-pyrrole nitrogens is 1. The lowest BCUT2D eigenvalue weighted by Gasteiger charge is -2.16. The topological polar surface area (TPSA) is 79.9 Å². The molecule has 1 aromatic carbocycles. The van der Waals surface area contributed by atoms with Crippen LogP contribution in [0.2, 0.25) is 0 Å². The second-order valence-electron chi connectivity index (χ2n) is 5.62. The fourth-order valence-corrected chi connectivity index (χ4v) is 4.82. The fraction of sp³-hybridized carbons (Fsp3) is 0.333. The Balaban J connectivity index is 2.30. The lowest BCUT2D eigenvalue weighted by atomic mass is 9.89. The number of hydrogen-bond acceptors (Lipinski definition) is 4. The van der Waals surface area contributed by atoms with Crippen LogP contribution in [0.5, 0.6) is 0 Å². The number of aromatic nitrogens is 2. The van der Waals surface area contributed by atoms with Crippen LogP contribution in [-0.2, 0) is 9.84 Å². The Bertz CT molecular complexity index is 918. The van der Waals surface area contributed by atoms with Gasteiger partial charge in [-0.25, -0.2) is 22.3 Å². The Labute approximate surface area is 131 Å². The van der Waals surface area contributed by atoms with E-state index in [0.717, 1.165) is 12.1 Å². The Morgan fingerprint density at radius 1 is 1.22 bits per heavy atom. The van der Waals surface area contributed by atoms with E-state index in [4.69, 9.17) is 0 Å². The molecular weight excluding hydrogens is 326 g/mol. The molecule has 0 saturated carbocycles. The smallest absolute Gasteiger partial charge is 0.267 e. The summed E-state index contributed by atoms with van der Waals surface area (Å²) in [5, 5.41) is 6.06. The minimum absolute atomic E-state index is 0.0108. The van der Waals surface area contributed by atoms with Crippen LogP contribution in [0.3, 0.4) is 0 Å². The summed E-state index contributed by atoms with van der Waals surface area (Å²) in [5.74, 6) is -2.40. The second kappa shape index (κ2) is 5.52. The number of aromatic amines is 1. The summed E-state index contributed by atoms with van der Waals surface area (Å²) in [6.45, 7) is 1.58. The maximum atomic E-state index is 14.1. The molecule has 1 aliphatic heterocycles. The first-order valence-corrected chi connectivity index (χ1v) is 8.86. The highest BCUT2D eigenvalue weighted by atomic mass is 32.2. The third-order valence-corrected chi connectivity index (χ3v) is 5.83. The summed E-state index contributed by atoms with van der Waals surface area (Å²) in [5.41, 5.74) is -0.684. The van der Waals surface area contributed by atoms with Crippen molar-refractivity contribution in [3.05, 3.63) is 51.4 Å². The predicted octanol–water partition coefficient (Wildman–Crippen LogP) is 1.93. The van der Waals surface area contributed by atoms with Gasteiger partial charge >= 0.3 is 0 Å². The molecule has 8 heteroatoms. The molecule has 2 aromatic rings. The van der Waals surface area contributed by atoms with Crippen molar-refractivity contribution in [1.82, 2.24) is 10.2 Å². The quantitative estimate of drug-likeness (QED) is 0.906. The SMILES string of the molecule is Cc1n[nH]c(=O)c(-c2c(F)cccc2F)c1C1CCS(=O)(=O)C1. The largest absolute Gasteiger partial charge is 0.272 e. The first-order valence-electron chi connectivity index (χ1n) is 7.04. The van der Waals surface area contributed by atoms with Gasteiger partial charge in [-0.15, -0.1) is 0 Å². The van der Waals surface area contributed by atoms with Crippen LogP contribution in [-0.4, -0.2) is 30.1 Å². The molecule has 5 nitrogen and oxygen atoms in total. The van der Waals surface area contributed by atoms with E-state index in [-0.39, 0.29) is 17.1 Å². The van der Waals surface area contributed by atoms with E-state index in [2.05, 4.69) is 10.2 Å². The van der Waals surface area contributed by atoms with Gasteiger partial charge in [0.2, 0.25) is 0 Å². The summed E-state index contributed by atoms with van der Waals surface area (Å²) in [4.78, 5) is 12.2. The third kappa shape index (κ3) is 2.78. The zero-order valence-electron chi connectivity index (χ0n) is 12.3. The van der Waals surface area contributed by atoms with Gasteiger partial charge in [-0.1, -0.05) is 6.07 Å². The standard InChI is InChI=1S/C15H14F2N2O3S/c1-8-12(9-5-6-23(21,22)7-9)14(15(20)19-18-8)13-10(16)3-2-4-11(13)17/h2-4,9H,5-7H2,1H3,(H,19,20). The molecule has 122 valence electrons. The van der Waals surface area contributed by atoms with Crippen LogP contribution in [0.15, 0.2) is 23.0 Å². The summed E-state index contributed by atoms with van der Waals surface area (Å²) >= 11 is 0. The summed E-state index contributed by atoms with van der Waals surface area (Å²) in [7, 11) is -3.22. The number of hydrogen-bond donors (Lipinski definition) is 1. The average Bonchev–Trinajstić information content (AvgIpc) is 2.82. The number of benzene rings is 1. The van der Waals surface area contributed by atoms with Crippen molar-refractivity contribution in [3.63, 3.8) is 0 Å². The summed E-state index contributed by atoms with van der Waals surface area (Å²) in [6, 6.07) is 3.32. The molecule has 0 radical (unpaired) electrons. The molecule has 3 rings (SSSR count). The molecule has 1 aromatic heterocycles.